The number of benzene rings is 2. The molecule has 0 spiro atoms. The summed E-state index contributed by atoms with van der Waals surface area (Å²) in [6, 6.07) is 17.3. The minimum absolute atomic E-state index is 0.161. The second-order valence-electron chi connectivity index (χ2n) is 7.96. The highest BCUT2D eigenvalue weighted by Crippen LogP contribution is 2.26. The lowest BCUT2D eigenvalue weighted by atomic mass is 10.1. The lowest BCUT2D eigenvalue weighted by molar-refractivity contribution is 0.0948. The Labute approximate surface area is 198 Å². The quantitative estimate of drug-likeness (QED) is 0.349. The van der Waals surface area contributed by atoms with Gasteiger partial charge in [-0.15, -0.1) is 0 Å². The van der Waals surface area contributed by atoms with Crippen molar-refractivity contribution in [3.8, 4) is 5.75 Å². The average Bonchev–Trinajstić information content (AvgIpc) is 3.18. The zero-order valence-electron chi connectivity index (χ0n) is 18.8. The number of nitrogens with zero attached hydrogens (tertiary/aromatic N) is 3. The Kier molecular flexibility index (Phi) is 7.25. The molecule has 0 bridgehead atoms. The number of imidazole rings is 1. The highest BCUT2D eigenvalue weighted by Gasteiger charge is 2.12. The number of rotatable bonds is 9. The second kappa shape index (κ2) is 10.5. The van der Waals surface area contributed by atoms with Crippen molar-refractivity contribution in [2.45, 2.75) is 33.2 Å². The molecule has 2 aromatic carbocycles. The molecule has 2 aromatic heterocycles. The summed E-state index contributed by atoms with van der Waals surface area (Å²) in [7, 11) is 0. The Morgan fingerprint density at radius 1 is 1.09 bits per heavy atom. The largest absolute Gasteiger partial charge is 0.492 e. The molecule has 0 saturated carbocycles. The lowest BCUT2D eigenvalue weighted by Crippen LogP contribution is -2.25. The second-order valence-corrected chi connectivity index (χ2v) is 8.34. The predicted molar refractivity (Wildman–Crippen MR) is 131 cm³/mol. The van der Waals surface area contributed by atoms with Crippen molar-refractivity contribution < 1.29 is 9.53 Å². The molecule has 4 aromatic rings. The maximum atomic E-state index is 12.2. The smallest absolute Gasteiger partial charge is 0.269 e. The average molecular weight is 463 g/mol. The van der Waals surface area contributed by atoms with E-state index in [2.05, 4.69) is 20.9 Å². The van der Waals surface area contributed by atoms with E-state index in [1.165, 1.54) is 0 Å². The zero-order valence-corrected chi connectivity index (χ0v) is 19.6. The molecule has 6 nitrogen and oxygen atoms in total. The summed E-state index contributed by atoms with van der Waals surface area (Å²) in [5, 5.41) is 3.71. The van der Waals surface area contributed by atoms with Gasteiger partial charge in [-0.25, -0.2) is 4.98 Å². The van der Waals surface area contributed by atoms with Gasteiger partial charge in [0.1, 0.15) is 23.9 Å². The van der Waals surface area contributed by atoms with E-state index in [9.17, 15) is 4.79 Å². The molecule has 0 radical (unpaired) electrons. The van der Waals surface area contributed by atoms with Crippen LogP contribution in [0.25, 0.3) is 11.0 Å². The van der Waals surface area contributed by atoms with Crippen LogP contribution in [-0.2, 0) is 13.0 Å². The lowest BCUT2D eigenvalue weighted by Gasteiger charge is -2.13. The van der Waals surface area contributed by atoms with E-state index in [1.54, 1.807) is 24.4 Å². The van der Waals surface area contributed by atoms with Crippen LogP contribution in [0.3, 0.4) is 0 Å². The van der Waals surface area contributed by atoms with Crippen molar-refractivity contribution in [1.29, 1.82) is 0 Å². The molecule has 170 valence electrons. The molecule has 0 saturated heterocycles. The molecular formula is C26H27ClN4O2. The first-order valence-corrected chi connectivity index (χ1v) is 11.4. The summed E-state index contributed by atoms with van der Waals surface area (Å²) < 4.78 is 8.23. The van der Waals surface area contributed by atoms with Gasteiger partial charge < -0.3 is 14.6 Å². The van der Waals surface area contributed by atoms with E-state index in [1.807, 2.05) is 44.2 Å². The van der Waals surface area contributed by atoms with Gasteiger partial charge >= 0.3 is 0 Å². The summed E-state index contributed by atoms with van der Waals surface area (Å²) in [5.74, 6) is 1.64. The highest BCUT2D eigenvalue weighted by atomic mass is 35.5. The Balaban J connectivity index is 1.39. The summed E-state index contributed by atoms with van der Waals surface area (Å²) in [5.41, 5.74) is 4.48. The molecule has 0 fully saturated rings. The number of ether oxygens (including phenoxy) is 1. The first-order chi connectivity index (χ1) is 16.0. The van der Waals surface area contributed by atoms with Gasteiger partial charge in [0.2, 0.25) is 0 Å². The van der Waals surface area contributed by atoms with Gasteiger partial charge in [-0.2, -0.15) is 0 Å². The first kappa shape index (κ1) is 22.8. The predicted octanol–water partition coefficient (Wildman–Crippen LogP) is 5.14. The van der Waals surface area contributed by atoms with Gasteiger partial charge in [0.15, 0.2) is 0 Å². The van der Waals surface area contributed by atoms with Crippen molar-refractivity contribution in [3.05, 3.63) is 88.5 Å². The van der Waals surface area contributed by atoms with E-state index in [4.69, 9.17) is 21.3 Å². The van der Waals surface area contributed by atoms with Crippen LogP contribution in [0.4, 0.5) is 0 Å². The van der Waals surface area contributed by atoms with Crippen molar-refractivity contribution in [1.82, 2.24) is 19.9 Å². The van der Waals surface area contributed by atoms with Gasteiger partial charge in [0.25, 0.3) is 5.91 Å². The molecule has 0 aliphatic rings. The van der Waals surface area contributed by atoms with Crippen LogP contribution in [0.1, 0.15) is 33.9 Å². The van der Waals surface area contributed by atoms with Gasteiger partial charge in [0, 0.05) is 24.2 Å². The zero-order chi connectivity index (χ0) is 23.2. The number of hydrogen-bond donors (Lipinski definition) is 1. The Morgan fingerprint density at radius 3 is 2.61 bits per heavy atom. The van der Waals surface area contributed by atoms with Crippen LogP contribution in [0.2, 0.25) is 5.02 Å². The fraction of sp³-hybridized carbons (Fsp3) is 0.269. The number of carbonyl (C=O) groups excluding carboxylic acids is 1. The number of amides is 1. The summed E-state index contributed by atoms with van der Waals surface area (Å²) >= 11 is 6.27. The standard InChI is InChI=1S/C26H27ClN4O2/c1-18-16-20(17-19(2)25(18)27)33-15-14-31-23-10-4-3-8-21(23)30-24(31)11-7-13-29-26(32)22-9-5-6-12-28-22/h3-6,8-10,12,16-17H,7,11,13-15H2,1-2H3,(H,29,32). The Morgan fingerprint density at radius 2 is 1.85 bits per heavy atom. The van der Waals surface area contributed by atoms with Crippen LogP contribution in [-0.4, -0.2) is 33.6 Å². The van der Waals surface area contributed by atoms with Crippen LogP contribution < -0.4 is 10.1 Å². The van der Waals surface area contributed by atoms with E-state index < -0.39 is 0 Å². The number of halogens is 1. The maximum absolute atomic E-state index is 12.2. The van der Waals surface area contributed by atoms with Crippen LogP contribution in [0.15, 0.2) is 60.8 Å². The third kappa shape index (κ3) is 5.52. The molecule has 2 heterocycles. The fourth-order valence-electron chi connectivity index (χ4n) is 3.85. The molecule has 33 heavy (non-hydrogen) atoms. The number of hydrogen-bond acceptors (Lipinski definition) is 4. The normalized spacial score (nSPS) is 11.0. The monoisotopic (exact) mass is 462 g/mol. The van der Waals surface area contributed by atoms with Crippen molar-refractivity contribution in [2.24, 2.45) is 0 Å². The number of pyridine rings is 1. The summed E-state index contributed by atoms with van der Waals surface area (Å²) in [4.78, 5) is 21.1. The maximum Gasteiger partial charge on any atom is 0.269 e. The first-order valence-electron chi connectivity index (χ1n) is 11.1. The molecule has 1 N–H and O–H groups in total. The molecule has 0 aliphatic carbocycles. The molecule has 1 amide bonds. The minimum atomic E-state index is -0.161. The minimum Gasteiger partial charge on any atom is -0.492 e. The SMILES string of the molecule is Cc1cc(OCCn2c(CCCNC(=O)c3ccccn3)nc3ccccc32)cc(C)c1Cl. The Hall–Kier alpha value is -3.38. The van der Waals surface area contributed by atoms with Crippen molar-refractivity contribution in [3.63, 3.8) is 0 Å². The van der Waals surface area contributed by atoms with Crippen LogP contribution >= 0.6 is 11.6 Å². The number of para-hydroxylation sites is 2. The van der Waals surface area contributed by atoms with Gasteiger partial charge in [0.05, 0.1) is 17.6 Å². The molecule has 0 atom stereocenters. The number of nitrogens with one attached hydrogen (secondary N) is 1. The van der Waals surface area contributed by atoms with E-state index >= 15 is 0 Å². The van der Waals surface area contributed by atoms with Crippen LogP contribution in [0.5, 0.6) is 5.75 Å². The third-order valence-electron chi connectivity index (χ3n) is 5.49. The molecular weight excluding hydrogens is 436 g/mol. The molecule has 0 unspecified atom stereocenters. The molecule has 4 rings (SSSR count). The number of aryl methyl sites for hydroxylation is 3. The summed E-state index contributed by atoms with van der Waals surface area (Å²) in [6.45, 7) is 5.71. The van der Waals surface area contributed by atoms with E-state index in [-0.39, 0.29) is 5.91 Å². The van der Waals surface area contributed by atoms with Gasteiger partial charge in [-0.05, 0) is 67.8 Å². The van der Waals surface area contributed by atoms with E-state index in [0.29, 0.717) is 25.4 Å². The summed E-state index contributed by atoms with van der Waals surface area (Å²) in [6.07, 6.45) is 3.14. The fourth-order valence-corrected chi connectivity index (χ4v) is 3.96. The number of fused-ring (bicyclic) bond motifs is 1. The molecule has 0 aliphatic heterocycles. The number of aromatic nitrogens is 3. The van der Waals surface area contributed by atoms with Gasteiger partial charge in [-0.3, -0.25) is 9.78 Å². The van der Waals surface area contributed by atoms with Crippen molar-refractivity contribution >= 4 is 28.5 Å². The molecule has 7 heteroatoms. The third-order valence-corrected chi connectivity index (χ3v) is 6.08. The highest BCUT2D eigenvalue weighted by molar-refractivity contribution is 6.32. The van der Waals surface area contributed by atoms with E-state index in [0.717, 1.165) is 51.6 Å². The van der Waals surface area contributed by atoms with Crippen molar-refractivity contribution in [2.75, 3.05) is 13.2 Å². The Bertz CT molecular complexity index is 1230. The number of carbonyl (C=O) groups is 1. The van der Waals surface area contributed by atoms with Crippen LogP contribution in [0, 0.1) is 13.8 Å². The topological polar surface area (TPSA) is 69.0 Å². The van der Waals surface area contributed by atoms with Gasteiger partial charge in [-0.1, -0.05) is 29.8 Å².